The van der Waals surface area contributed by atoms with E-state index in [1.54, 1.807) is 12.1 Å². The smallest absolute Gasteiger partial charge is 0.328 e. The molecular weight excluding hydrogens is 308 g/mol. The molecule has 0 aliphatic heterocycles. The number of nitrogens with one attached hydrogen (secondary N) is 2. The summed E-state index contributed by atoms with van der Waals surface area (Å²) in [5.41, 5.74) is 1.62. The van der Waals surface area contributed by atoms with E-state index in [9.17, 15) is 14.4 Å². The van der Waals surface area contributed by atoms with Gasteiger partial charge < -0.3 is 15.4 Å². The summed E-state index contributed by atoms with van der Waals surface area (Å²) in [6.07, 6.45) is 0.608. The van der Waals surface area contributed by atoms with E-state index in [1.165, 1.54) is 7.11 Å². The monoisotopic (exact) mass is 334 g/mol. The summed E-state index contributed by atoms with van der Waals surface area (Å²) < 4.78 is 4.70. The molecule has 2 N–H and O–H groups in total. The van der Waals surface area contributed by atoms with E-state index >= 15 is 0 Å². The summed E-state index contributed by atoms with van der Waals surface area (Å²) in [7, 11) is 1.30. The SMILES string of the molecule is COC(=O)[C@H](CC(C)C)NC(=O)CCNC(=O)c1ccc(C)cc1. The number of amides is 2. The molecule has 0 saturated carbocycles. The third kappa shape index (κ3) is 6.81. The Kier molecular flexibility index (Phi) is 7.95. The minimum absolute atomic E-state index is 0.100. The van der Waals surface area contributed by atoms with Crippen LogP contribution >= 0.6 is 0 Å². The standard InChI is InChI=1S/C18H26N2O4/c1-12(2)11-15(18(23)24-4)20-16(21)9-10-19-17(22)14-7-5-13(3)6-8-14/h5-8,12,15H,9-11H2,1-4H3,(H,19,22)(H,20,21)/t15-/m0/s1. The second kappa shape index (κ2) is 9.70. The third-order valence-corrected chi connectivity index (χ3v) is 3.48. The van der Waals surface area contributed by atoms with Gasteiger partial charge in [-0.1, -0.05) is 31.5 Å². The lowest BCUT2D eigenvalue weighted by atomic mass is 10.0. The number of benzene rings is 1. The lowest BCUT2D eigenvalue weighted by Gasteiger charge is -2.18. The highest BCUT2D eigenvalue weighted by molar-refractivity contribution is 5.94. The first-order chi connectivity index (χ1) is 11.3. The van der Waals surface area contributed by atoms with Crippen molar-refractivity contribution in [2.75, 3.05) is 13.7 Å². The predicted molar refractivity (Wildman–Crippen MR) is 91.5 cm³/mol. The maximum atomic E-state index is 11.9. The zero-order chi connectivity index (χ0) is 18.1. The highest BCUT2D eigenvalue weighted by Crippen LogP contribution is 2.06. The van der Waals surface area contributed by atoms with Gasteiger partial charge in [-0.3, -0.25) is 9.59 Å². The summed E-state index contributed by atoms with van der Waals surface area (Å²) in [5.74, 6) is -0.735. The number of methoxy groups -OCH3 is 1. The van der Waals surface area contributed by atoms with Crippen LogP contribution in [-0.4, -0.2) is 37.5 Å². The van der Waals surface area contributed by atoms with E-state index in [2.05, 4.69) is 10.6 Å². The molecule has 132 valence electrons. The number of hydrogen-bond acceptors (Lipinski definition) is 4. The third-order valence-electron chi connectivity index (χ3n) is 3.48. The number of carbonyl (C=O) groups excluding carboxylic acids is 3. The van der Waals surface area contributed by atoms with E-state index in [0.717, 1.165) is 5.56 Å². The molecule has 2 amide bonds. The number of rotatable bonds is 8. The molecule has 0 unspecified atom stereocenters. The molecule has 0 radical (unpaired) electrons. The van der Waals surface area contributed by atoms with Crippen LogP contribution in [0.2, 0.25) is 0 Å². The fourth-order valence-corrected chi connectivity index (χ4v) is 2.19. The van der Waals surface area contributed by atoms with E-state index < -0.39 is 12.0 Å². The molecule has 1 aromatic rings. The van der Waals surface area contributed by atoms with Gasteiger partial charge in [0.25, 0.3) is 5.91 Å². The molecule has 0 fully saturated rings. The average molecular weight is 334 g/mol. The lowest BCUT2D eigenvalue weighted by molar-refractivity contribution is -0.145. The number of hydrogen-bond donors (Lipinski definition) is 2. The molecule has 1 atom stereocenters. The van der Waals surface area contributed by atoms with E-state index in [4.69, 9.17) is 4.74 Å². The summed E-state index contributed by atoms with van der Waals surface area (Å²) >= 11 is 0. The summed E-state index contributed by atoms with van der Waals surface area (Å²) in [4.78, 5) is 35.6. The van der Waals surface area contributed by atoms with Gasteiger partial charge >= 0.3 is 5.97 Å². The van der Waals surface area contributed by atoms with Crippen molar-refractivity contribution in [3.8, 4) is 0 Å². The Labute approximate surface area is 143 Å². The number of esters is 1. The molecule has 0 bridgehead atoms. The van der Waals surface area contributed by atoms with Gasteiger partial charge in [0, 0.05) is 18.5 Å². The first-order valence-electron chi connectivity index (χ1n) is 8.05. The lowest BCUT2D eigenvalue weighted by Crippen LogP contribution is -2.43. The molecule has 0 saturated heterocycles. The van der Waals surface area contributed by atoms with Gasteiger partial charge in [-0.2, -0.15) is 0 Å². The molecule has 6 heteroatoms. The van der Waals surface area contributed by atoms with Crippen LogP contribution in [0.4, 0.5) is 0 Å². The zero-order valence-corrected chi connectivity index (χ0v) is 14.7. The quantitative estimate of drug-likeness (QED) is 0.710. The molecule has 6 nitrogen and oxygen atoms in total. The normalized spacial score (nSPS) is 11.7. The fourth-order valence-electron chi connectivity index (χ4n) is 2.19. The van der Waals surface area contributed by atoms with Crippen LogP contribution in [0.1, 0.15) is 42.6 Å². The minimum atomic E-state index is -0.657. The Morgan fingerprint density at radius 1 is 1.12 bits per heavy atom. The molecule has 0 heterocycles. The molecule has 24 heavy (non-hydrogen) atoms. The van der Waals surface area contributed by atoms with Crippen LogP contribution in [0.5, 0.6) is 0 Å². The molecule has 0 aliphatic rings. The van der Waals surface area contributed by atoms with E-state index in [1.807, 2.05) is 32.9 Å². The minimum Gasteiger partial charge on any atom is -0.467 e. The van der Waals surface area contributed by atoms with Crippen molar-refractivity contribution in [2.24, 2.45) is 5.92 Å². The van der Waals surface area contributed by atoms with Crippen molar-refractivity contribution < 1.29 is 19.1 Å². The maximum absolute atomic E-state index is 11.9. The van der Waals surface area contributed by atoms with Crippen LogP contribution in [-0.2, 0) is 14.3 Å². The molecule has 1 rings (SSSR count). The summed E-state index contributed by atoms with van der Waals surface area (Å²) in [6.45, 7) is 6.07. The maximum Gasteiger partial charge on any atom is 0.328 e. The van der Waals surface area contributed by atoms with Crippen LogP contribution in [0.25, 0.3) is 0 Å². The van der Waals surface area contributed by atoms with Gasteiger partial charge in [0.2, 0.25) is 5.91 Å². The second-order valence-corrected chi connectivity index (χ2v) is 6.14. The van der Waals surface area contributed by atoms with Crippen LogP contribution in [0, 0.1) is 12.8 Å². The molecule has 0 aliphatic carbocycles. The van der Waals surface area contributed by atoms with Gasteiger partial charge in [-0.15, -0.1) is 0 Å². The Hall–Kier alpha value is -2.37. The fraction of sp³-hybridized carbons (Fsp3) is 0.500. The van der Waals surface area contributed by atoms with E-state index in [0.29, 0.717) is 12.0 Å². The second-order valence-electron chi connectivity index (χ2n) is 6.14. The van der Waals surface area contributed by atoms with Gasteiger partial charge in [0.05, 0.1) is 7.11 Å². The first-order valence-corrected chi connectivity index (χ1v) is 8.05. The van der Waals surface area contributed by atoms with Crippen molar-refractivity contribution in [3.05, 3.63) is 35.4 Å². The van der Waals surface area contributed by atoms with E-state index in [-0.39, 0.29) is 30.7 Å². The molecular formula is C18H26N2O4. The van der Waals surface area contributed by atoms with Gasteiger partial charge in [-0.05, 0) is 31.4 Å². The predicted octanol–water partition coefficient (Wildman–Crippen LogP) is 1.82. The van der Waals surface area contributed by atoms with Crippen molar-refractivity contribution in [1.29, 1.82) is 0 Å². The topological polar surface area (TPSA) is 84.5 Å². The zero-order valence-electron chi connectivity index (χ0n) is 14.7. The summed E-state index contributed by atoms with van der Waals surface area (Å²) in [5, 5.41) is 5.35. The van der Waals surface area contributed by atoms with Crippen molar-refractivity contribution in [3.63, 3.8) is 0 Å². The van der Waals surface area contributed by atoms with Crippen LogP contribution in [0.15, 0.2) is 24.3 Å². The highest BCUT2D eigenvalue weighted by Gasteiger charge is 2.22. The largest absolute Gasteiger partial charge is 0.467 e. The molecule has 1 aromatic carbocycles. The van der Waals surface area contributed by atoms with Gasteiger partial charge in [0.15, 0.2) is 0 Å². The number of ether oxygens (including phenoxy) is 1. The highest BCUT2D eigenvalue weighted by atomic mass is 16.5. The first kappa shape index (κ1) is 19.7. The molecule has 0 spiro atoms. The van der Waals surface area contributed by atoms with Gasteiger partial charge in [0.1, 0.15) is 6.04 Å². The van der Waals surface area contributed by atoms with Gasteiger partial charge in [-0.25, -0.2) is 4.79 Å². The van der Waals surface area contributed by atoms with Crippen molar-refractivity contribution >= 4 is 17.8 Å². The Morgan fingerprint density at radius 3 is 2.29 bits per heavy atom. The number of aryl methyl sites for hydroxylation is 1. The Bertz CT molecular complexity index is 567. The number of carbonyl (C=O) groups is 3. The van der Waals surface area contributed by atoms with Crippen molar-refractivity contribution in [2.45, 2.75) is 39.7 Å². The van der Waals surface area contributed by atoms with Crippen LogP contribution < -0.4 is 10.6 Å². The van der Waals surface area contributed by atoms with Crippen LogP contribution in [0.3, 0.4) is 0 Å². The Balaban J connectivity index is 2.42. The summed E-state index contributed by atoms with van der Waals surface area (Å²) in [6, 6.07) is 6.53. The average Bonchev–Trinajstić information content (AvgIpc) is 2.53. The van der Waals surface area contributed by atoms with Crippen molar-refractivity contribution in [1.82, 2.24) is 10.6 Å². The Morgan fingerprint density at radius 2 is 1.75 bits per heavy atom. The molecule has 0 aromatic heterocycles.